The van der Waals surface area contributed by atoms with Gasteiger partial charge in [0.2, 0.25) is 5.91 Å². The number of nitrogens with zero attached hydrogens (tertiary/aromatic N) is 4. The smallest absolute Gasteiger partial charge is 0.269 e. The van der Waals surface area contributed by atoms with Gasteiger partial charge in [-0.25, -0.2) is 9.97 Å². The van der Waals surface area contributed by atoms with Gasteiger partial charge in [-0.05, 0) is 25.5 Å². The zero-order valence-corrected chi connectivity index (χ0v) is 14.8. The van der Waals surface area contributed by atoms with Crippen LogP contribution in [0.25, 0.3) is 11.4 Å². The molecule has 1 fully saturated rings. The van der Waals surface area contributed by atoms with Crippen molar-refractivity contribution in [3.05, 3.63) is 46.1 Å². The second kappa shape index (κ2) is 7.47. The Bertz CT molecular complexity index is 822. The van der Waals surface area contributed by atoms with Crippen molar-refractivity contribution in [3.63, 3.8) is 0 Å². The Morgan fingerprint density at radius 2 is 2.08 bits per heavy atom. The fourth-order valence-electron chi connectivity index (χ4n) is 3.04. The summed E-state index contributed by atoms with van der Waals surface area (Å²) in [5.41, 5.74) is 1.55. The monoisotopic (exact) mass is 355 g/mol. The average Bonchev–Trinajstić information content (AvgIpc) is 3.09. The van der Waals surface area contributed by atoms with E-state index in [4.69, 9.17) is 0 Å². The molecule has 8 nitrogen and oxygen atoms in total. The molecule has 1 saturated heterocycles. The first-order valence-corrected chi connectivity index (χ1v) is 8.61. The minimum atomic E-state index is -0.433. The second-order valence-electron chi connectivity index (χ2n) is 6.35. The summed E-state index contributed by atoms with van der Waals surface area (Å²) in [6.45, 7) is 5.17. The molecule has 3 rings (SSSR count). The van der Waals surface area contributed by atoms with Crippen LogP contribution in [0.5, 0.6) is 0 Å². The van der Waals surface area contributed by atoms with E-state index in [0.717, 1.165) is 24.2 Å². The van der Waals surface area contributed by atoms with Crippen molar-refractivity contribution in [1.29, 1.82) is 0 Å². The van der Waals surface area contributed by atoms with Gasteiger partial charge in [-0.15, -0.1) is 0 Å². The zero-order chi connectivity index (χ0) is 18.7. The molecule has 2 heterocycles. The summed E-state index contributed by atoms with van der Waals surface area (Å²) in [5, 5.41) is 14.2. The van der Waals surface area contributed by atoms with Crippen LogP contribution in [0, 0.1) is 17.0 Å². The van der Waals surface area contributed by atoms with Crippen LogP contribution in [0.3, 0.4) is 0 Å². The number of aryl methyl sites for hydroxylation is 1. The average molecular weight is 355 g/mol. The largest absolute Gasteiger partial charge is 0.365 e. The topological polar surface area (TPSA) is 101 Å². The molecule has 1 amide bonds. The Labute approximate surface area is 151 Å². The molecule has 0 saturated carbocycles. The molecule has 0 spiro atoms. The molecule has 0 radical (unpaired) electrons. The van der Waals surface area contributed by atoms with Crippen LogP contribution in [0.1, 0.15) is 25.5 Å². The van der Waals surface area contributed by atoms with Crippen LogP contribution in [0.2, 0.25) is 0 Å². The molecule has 1 aliphatic heterocycles. The minimum absolute atomic E-state index is 0.0337. The third kappa shape index (κ3) is 3.96. The fraction of sp³-hybridized carbons (Fsp3) is 0.389. The first-order valence-electron chi connectivity index (χ1n) is 8.61. The number of non-ortho nitro benzene ring substituents is 1. The lowest BCUT2D eigenvalue weighted by Gasteiger charge is -2.17. The van der Waals surface area contributed by atoms with Crippen molar-refractivity contribution < 1.29 is 9.72 Å². The maximum absolute atomic E-state index is 11.8. The predicted molar refractivity (Wildman–Crippen MR) is 97.8 cm³/mol. The van der Waals surface area contributed by atoms with Gasteiger partial charge in [-0.1, -0.05) is 6.92 Å². The lowest BCUT2D eigenvalue weighted by molar-refractivity contribution is -0.384. The first-order chi connectivity index (χ1) is 12.5. The number of hydrogen-bond acceptors (Lipinski definition) is 6. The quantitative estimate of drug-likeness (QED) is 0.654. The molecule has 26 heavy (non-hydrogen) atoms. The number of benzene rings is 1. The van der Waals surface area contributed by atoms with Gasteiger partial charge in [-0.3, -0.25) is 14.9 Å². The molecule has 2 aromatic rings. The highest BCUT2D eigenvalue weighted by molar-refractivity contribution is 5.76. The minimum Gasteiger partial charge on any atom is -0.365 e. The molecular weight excluding hydrogens is 334 g/mol. The Morgan fingerprint density at radius 3 is 2.73 bits per heavy atom. The fourth-order valence-corrected chi connectivity index (χ4v) is 3.04. The second-order valence-corrected chi connectivity index (χ2v) is 6.35. The summed E-state index contributed by atoms with van der Waals surface area (Å²) in [6, 6.07) is 8.20. The van der Waals surface area contributed by atoms with Gasteiger partial charge in [0.1, 0.15) is 5.82 Å². The molecule has 1 N–H and O–H groups in total. The van der Waals surface area contributed by atoms with Gasteiger partial charge in [0.15, 0.2) is 5.82 Å². The number of nitrogens with one attached hydrogen (secondary N) is 1. The van der Waals surface area contributed by atoms with E-state index in [0.29, 0.717) is 24.6 Å². The predicted octanol–water partition coefficient (Wildman–Crippen LogP) is 2.78. The molecule has 1 aromatic carbocycles. The Kier molecular flexibility index (Phi) is 5.11. The van der Waals surface area contributed by atoms with Gasteiger partial charge in [0.05, 0.1) is 4.92 Å². The Morgan fingerprint density at radius 1 is 1.35 bits per heavy atom. The molecule has 0 bridgehead atoms. The van der Waals surface area contributed by atoms with Gasteiger partial charge in [-0.2, -0.15) is 0 Å². The zero-order valence-electron chi connectivity index (χ0n) is 14.8. The molecule has 136 valence electrons. The number of nitro benzene ring substituents is 1. The van der Waals surface area contributed by atoms with E-state index in [1.54, 1.807) is 12.1 Å². The molecule has 1 unspecified atom stereocenters. The van der Waals surface area contributed by atoms with Gasteiger partial charge < -0.3 is 10.2 Å². The number of rotatable bonds is 5. The number of hydrogen-bond donors (Lipinski definition) is 1. The number of aromatic nitrogens is 2. The van der Waals surface area contributed by atoms with Gasteiger partial charge >= 0.3 is 0 Å². The molecule has 1 atom stereocenters. The van der Waals surface area contributed by atoms with E-state index in [9.17, 15) is 14.9 Å². The highest BCUT2D eigenvalue weighted by atomic mass is 16.6. The summed E-state index contributed by atoms with van der Waals surface area (Å²) in [5.74, 6) is 1.38. The van der Waals surface area contributed by atoms with Crippen molar-refractivity contribution >= 4 is 17.4 Å². The summed E-state index contributed by atoms with van der Waals surface area (Å²) >= 11 is 0. The summed E-state index contributed by atoms with van der Waals surface area (Å²) in [4.78, 5) is 33.0. The lowest BCUT2D eigenvalue weighted by Crippen LogP contribution is -2.31. The third-order valence-electron chi connectivity index (χ3n) is 4.39. The van der Waals surface area contributed by atoms with Crippen LogP contribution in [-0.4, -0.2) is 44.8 Å². The number of nitro groups is 1. The van der Waals surface area contributed by atoms with Crippen molar-refractivity contribution in [2.24, 2.45) is 0 Å². The van der Waals surface area contributed by atoms with Crippen LogP contribution in [0.15, 0.2) is 30.3 Å². The van der Waals surface area contributed by atoms with E-state index >= 15 is 0 Å². The van der Waals surface area contributed by atoms with Gasteiger partial charge in [0.25, 0.3) is 5.69 Å². The van der Waals surface area contributed by atoms with Crippen LogP contribution < -0.4 is 5.32 Å². The van der Waals surface area contributed by atoms with Crippen LogP contribution in [0.4, 0.5) is 11.5 Å². The van der Waals surface area contributed by atoms with Crippen molar-refractivity contribution in [3.8, 4) is 11.4 Å². The molecular formula is C18H21N5O3. The SMILES string of the molecule is CCC(=O)N1CCC(Nc2cc(C)nc(-c3ccc([N+](=O)[O-])cc3)n2)C1. The highest BCUT2D eigenvalue weighted by Gasteiger charge is 2.25. The summed E-state index contributed by atoms with van der Waals surface area (Å²) in [6.07, 6.45) is 1.39. The van der Waals surface area contributed by atoms with E-state index < -0.39 is 4.92 Å². The van der Waals surface area contributed by atoms with Crippen molar-refractivity contribution in [1.82, 2.24) is 14.9 Å². The number of anilines is 1. The van der Waals surface area contributed by atoms with E-state index in [2.05, 4.69) is 15.3 Å². The molecule has 1 aliphatic rings. The maximum Gasteiger partial charge on any atom is 0.269 e. The van der Waals surface area contributed by atoms with Gasteiger partial charge in [0, 0.05) is 55.0 Å². The molecule has 1 aromatic heterocycles. The van der Waals surface area contributed by atoms with Crippen LogP contribution in [-0.2, 0) is 4.79 Å². The number of likely N-dealkylation sites (tertiary alicyclic amines) is 1. The summed E-state index contributed by atoms with van der Waals surface area (Å²) < 4.78 is 0. The maximum atomic E-state index is 11.8. The lowest BCUT2D eigenvalue weighted by atomic mass is 10.2. The van der Waals surface area contributed by atoms with E-state index in [1.165, 1.54) is 12.1 Å². The number of amides is 1. The standard InChI is InChI=1S/C18H21N5O3/c1-3-17(24)22-9-8-14(11-22)20-16-10-12(2)19-18(21-16)13-4-6-15(7-5-13)23(25)26/h4-7,10,14H,3,8-9,11H2,1-2H3,(H,19,20,21). The first kappa shape index (κ1) is 17.8. The third-order valence-corrected chi connectivity index (χ3v) is 4.39. The van der Waals surface area contributed by atoms with E-state index in [-0.39, 0.29) is 17.6 Å². The molecule has 8 heteroatoms. The molecule has 0 aliphatic carbocycles. The summed E-state index contributed by atoms with van der Waals surface area (Å²) in [7, 11) is 0. The number of carbonyl (C=O) groups is 1. The highest BCUT2D eigenvalue weighted by Crippen LogP contribution is 2.22. The normalized spacial score (nSPS) is 16.5. The Hall–Kier alpha value is -3.03. The Balaban J connectivity index is 1.76. The van der Waals surface area contributed by atoms with E-state index in [1.807, 2.05) is 24.8 Å². The number of carbonyl (C=O) groups excluding carboxylic acids is 1. The van der Waals surface area contributed by atoms with Crippen molar-refractivity contribution in [2.75, 3.05) is 18.4 Å². The van der Waals surface area contributed by atoms with Crippen molar-refractivity contribution in [2.45, 2.75) is 32.7 Å². The van der Waals surface area contributed by atoms with Crippen LogP contribution >= 0.6 is 0 Å².